The molecule has 0 aromatic rings. The molecule has 4 nitrogen and oxygen atoms in total. The Hall–Kier alpha value is -0.610. The van der Waals surface area contributed by atoms with Gasteiger partial charge < -0.3 is 0 Å². The maximum absolute atomic E-state index is 11.0. The van der Waals surface area contributed by atoms with Crippen molar-refractivity contribution in [1.82, 2.24) is 9.96 Å². The summed E-state index contributed by atoms with van der Waals surface area (Å²) in [6, 6.07) is -0.00926. The van der Waals surface area contributed by atoms with Gasteiger partial charge in [0.2, 0.25) is 0 Å². The van der Waals surface area contributed by atoms with Crippen molar-refractivity contribution in [1.29, 1.82) is 0 Å². The Morgan fingerprint density at radius 1 is 1.60 bits per heavy atom. The van der Waals surface area contributed by atoms with E-state index >= 15 is 0 Å². The minimum absolute atomic E-state index is 0.00926. The lowest BCUT2D eigenvalue weighted by Gasteiger charge is -2.08. The summed E-state index contributed by atoms with van der Waals surface area (Å²) in [7, 11) is 0. The summed E-state index contributed by atoms with van der Waals surface area (Å²) in [6.45, 7) is 1.36. The van der Waals surface area contributed by atoms with Crippen LogP contribution in [-0.2, 0) is 4.79 Å². The van der Waals surface area contributed by atoms with Crippen molar-refractivity contribution in [2.24, 2.45) is 0 Å². The highest BCUT2D eigenvalue weighted by molar-refractivity contribution is 5.82. The van der Waals surface area contributed by atoms with Crippen molar-refractivity contribution in [3.8, 4) is 0 Å². The molecule has 2 aliphatic rings. The summed E-state index contributed by atoms with van der Waals surface area (Å²) in [5.74, 6) is -0.127. The number of amides is 1. The van der Waals surface area contributed by atoms with Crippen LogP contribution in [0, 0.1) is 0 Å². The van der Waals surface area contributed by atoms with Crippen molar-refractivity contribution >= 4 is 5.91 Å². The zero-order chi connectivity index (χ0) is 7.14. The predicted molar refractivity (Wildman–Crippen MR) is 33.2 cm³/mol. The number of nitrogens with zero attached hydrogens (tertiary/aromatic N) is 2. The lowest BCUT2D eigenvalue weighted by atomic mass is 10.2. The van der Waals surface area contributed by atoms with E-state index in [2.05, 4.69) is 0 Å². The Labute approximate surface area is 59.0 Å². The van der Waals surface area contributed by atoms with Gasteiger partial charge in [0.15, 0.2) is 0 Å². The zero-order valence-corrected chi connectivity index (χ0v) is 5.66. The third-order valence-electron chi connectivity index (χ3n) is 2.22. The topological polar surface area (TPSA) is 43.8 Å². The number of rotatable bonds is 0. The summed E-state index contributed by atoms with van der Waals surface area (Å²) in [5.41, 5.74) is 0. The fraction of sp³-hybridized carbons (Fsp3) is 0.833. The molecule has 1 atom stereocenters. The molecule has 0 aromatic carbocycles. The highest BCUT2D eigenvalue weighted by atomic mass is 16.5. The van der Waals surface area contributed by atoms with E-state index in [-0.39, 0.29) is 11.9 Å². The highest BCUT2D eigenvalue weighted by Gasteiger charge is 2.40. The van der Waals surface area contributed by atoms with Gasteiger partial charge in [-0.3, -0.25) is 14.9 Å². The van der Waals surface area contributed by atoms with Gasteiger partial charge in [0.1, 0.15) is 6.67 Å². The molecular formula is C6H10N2O2. The van der Waals surface area contributed by atoms with Gasteiger partial charge in [-0.15, -0.1) is 0 Å². The van der Waals surface area contributed by atoms with E-state index in [9.17, 15) is 4.79 Å². The number of hydrogen-bond acceptors (Lipinski definition) is 3. The van der Waals surface area contributed by atoms with Gasteiger partial charge in [-0.2, -0.15) is 0 Å². The summed E-state index contributed by atoms with van der Waals surface area (Å²) >= 11 is 0. The number of carbonyl (C=O) groups excluding carboxylic acids is 1. The monoisotopic (exact) mass is 142 g/mol. The van der Waals surface area contributed by atoms with E-state index in [4.69, 9.17) is 5.21 Å². The van der Waals surface area contributed by atoms with Gasteiger partial charge in [-0.25, -0.2) is 5.06 Å². The van der Waals surface area contributed by atoms with Gasteiger partial charge in [-0.1, -0.05) is 0 Å². The first-order valence-electron chi connectivity index (χ1n) is 3.53. The molecule has 0 aliphatic carbocycles. The number of hydroxylamine groups is 2. The van der Waals surface area contributed by atoms with Crippen LogP contribution in [0.2, 0.25) is 0 Å². The molecule has 4 heteroatoms. The lowest BCUT2D eigenvalue weighted by molar-refractivity contribution is -0.159. The molecule has 0 radical (unpaired) electrons. The second-order valence-electron chi connectivity index (χ2n) is 2.85. The molecule has 0 aromatic heterocycles. The minimum atomic E-state index is -0.127. The normalized spacial score (nSPS) is 33.5. The van der Waals surface area contributed by atoms with E-state index in [0.717, 1.165) is 24.4 Å². The molecule has 56 valence electrons. The van der Waals surface area contributed by atoms with Gasteiger partial charge in [-0.05, 0) is 12.8 Å². The van der Waals surface area contributed by atoms with Crippen LogP contribution >= 0.6 is 0 Å². The first-order valence-corrected chi connectivity index (χ1v) is 3.53. The smallest absolute Gasteiger partial charge is 0.264 e. The fourth-order valence-electron chi connectivity index (χ4n) is 1.69. The molecule has 2 aliphatic heterocycles. The zero-order valence-electron chi connectivity index (χ0n) is 5.66. The highest BCUT2D eigenvalue weighted by Crippen LogP contribution is 2.23. The fourth-order valence-corrected chi connectivity index (χ4v) is 1.69. The maximum atomic E-state index is 11.0. The van der Waals surface area contributed by atoms with E-state index in [1.54, 1.807) is 0 Å². The van der Waals surface area contributed by atoms with Crippen LogP contribution in [0.1, 0.15) is 12.8 Å². The molecule has 1 unspecified atom stereocenters. The average molecular weight is 142 g/mol. The molecule has 2 rings (SSSR count). The predicted octanol–water partition coefficient (Wildman–Crippen LogP) is -0.360. The molecule has 0 bridgehead atoms. The number of hydrogen-bond donors (Lipinski definition) is 1. The Morgan fingerprint density at radius 3 is 3.10 bits per heavy atom. The average Bonchev–Trinajstić information content (AvgIpc) is 2.41. The summed E-state index contributed by atoms with van der Waals surface area (Å²) in [6.07, 6.45) is 2.00. The van der Waals surface area contributed by atoms with Crippen LogP contribution in [0.4, 0.5) is 0 Å². The number of carbonyl (C=O) groups is 1. The quantitative estimate of drug-likeness (QED) is 0.470. The van der Waals surface area contributed by atoms with Crippen molar-refractivity contribution in [2.75, 3.05) is 13.2 Å². The van der Waals surface area contributed by atoms with Crippen molar-refractivity contribution in [3.63, 3.8) is 0 Å². The maximum Gasteiger partial charge on any atom is 0.264 e. The molecule has 0 spiro atoms. The van der Waals surface area contributed by atoms with Crippen LogP contribution in [0.5, 0.6) is 0 Å². The lowest BCUT2D eigenvalue weighted by Crippen LogP contribution is -2.26. The summed E-state index contributed by atoms with van der Waals surface area (Å²) in [4.78, 5) is 13.0. The second-order valence-corrected chi connectivity index (χ2v) is 2.85. The molecule has 1 N–H and O–H groups in total. The molecule has 10 heavy (non-hydrogen) atoms. The van der Waals surface area contributed by atoms with Crippen LogP contribution in [-0.4, -0.2) is 40.3 Å². The van der Waals surface area contributed by atoms with Crippen molar-refractivity contribution in [2.45, 2.75) is 18.9 Å². The van der Waals surface area contributed by atoms with Gasteiger partial charge in [0.25, 0.3) is 5.91 Å². The third kappa shape index (κ3) is 0.660. The second kappa shape index (κ2) is 1.93. The van der Waals surface area contributed by atoms with E-state index in [1.807, 2.05) is 4.90 Å². The molecule has 2 saturated heterocycles. The number of fused-ring (bicyclic) bond motifs is 1. The molecule has 2 heterocycles. The van der Waals surface area contributed by atoms with E-state index in [1.165, 1.54) is 0 Å². The van der Waals surface area contributed by atoms with E-state index in [0.29, 0.717) is 6.67 Å². The van der Waals surface area contributed by atoms with E-state index < -0.39 is 0 Å². The molecule has 1 amide bonds. The van der Waals surface area contributed by atoms with Crippen LogP contribution in [0.15, 0.2) is 0 Å². The van der Waals surface area contributed by atoms with Crippen LogP contribution in [0.25, 0.3) is 0 Å². The summed E-state index contributed by atoms with van der Waals surface area (Å²) < 4.78 is 0. The Morgan fingerprint density at radius 2 is 2.40 bits per heavy atom. The first kappa shape index (κ1) is 6.12. The van der Waals surface area contributed by atoms with Gasteiger partial charge in [0, 0.05) is 6.54 Å². The van der Waals surface area contributed by atoms with Gasteiger partial charge in [0.05, 0.1) is 6.04 Å². The minimum Gasteiger partial charge on any atom is -0.285 e. The van der Waals surface area contributed by atoms with Crippen molar-refractivity contribution < 1.29 is 10.0 Å². The Balaban J connectivity index is 2.17. The molecule has 2 fully saturated rings. The molecular weight excluding hydrogens is 132 g/mol. The Bertz CT molecular complexity index is 171. The van der Waals surface area contributed by atoms with Gasteiger partial charge >= 0.3 is 0 Å². The standard InChI is InChI=1S/C6H10N2O2/c9-6-5-2-1-3-7(5)4-8(6)10/h5,10H,1-4H2. The van der Waals surface area contributed by atoms with Crippen molar-refractivity contribution in [3.05, 3.63) is 0 Å². The largest absolute Gasteiger partial charge is 0.285 e. The first-order chi connectivity index (χ1) is 4.79. The molecule has 0 saturated carbocycles. The SMILES string of the molecule is O=C1C2CCCN2CN1O. The summed E-state index contributed by atoms with van der Waals surface area (Å²) in [5, 5.41) is 9.76. The Kier molecular flexibility index (Phi) is 1.18. The third-order valence-corrected chi connectivity index (χ3v) is 2.22. The van der Waals surface area contributed by atoms with Crippen LogP contribution in [0.3, 0.4) is 0 Å². The van der Waals surface area contributed by atoms with Crippen LogP contribution < -0.4 is 0 Å².